The van der Waals surface area contributed by atoms with Crippen molar-refractivity contribution >= 4 is 39.8 Å². The van der Waals surface area contributed by atoms with Gasteiger partial charge in [0.25, 0.3) is 0 Å². The van der Waals surface area contributed by atoms with Gasteiger partial charge in [-0.3, -0.25) is 9.59 Å². The number of anilines is 2. The van der Waals surface area contributed by atoms with Crippen molar-refractivity contribution in [3.63, 3.8) is 0 Å². The standard InChI is InChI=1S/C23H26N2O4S/c1-3-29-23(28)20-17-9-4-5-10-18(17)30-22(20)24-21(27)15-12-19(26)25(13-15)16-8-6-7-14(2)11-16/h6-8,11,15H,3-5,9-10,12-13H2,1-2H3,(H,24,27). The lowest BCUT2D eigenvalue weighted by Crippen LogP contribution is -2.28. The monoisotopic (exact) mass is 426 g/mol. The highest BCUT2D eigenvalue weighted by Crippen LogP contribution is 2.39. The Hall–Kier alpha value is -2.67. The largest absolute Gasteiger partial charge is 0.462 e. The number of benzene rings is 1. The Balaban J connectivity index is 1.54. The zero-order valence-electron chi connectivity index (χ0n) is 17.3. The number of amides is 2. The highest BCUT2D eigenvalue weighted by atomic mass is 32.1. The molecule has 0 saturated carbocycles. The van der Waals surface area contributed by atoms with Crippen LogP contribution in [0.15, 0.2) is 24.3 Å². The van der Waals surface area contributed by atoms with E-state index >= 15 is 0 Å². The van der Waals surface area contributed by atoms with Gasteiger partial charge in [0.15, 0.2) is 0 Å². The van der Waals surface area contributed by atoms with Gasteiger partial charge in [0.1, 0.15) is 5.00 Å². The second-order valence-electron chi connectivity index (χ2n) is 7.87. The fourth-order valence-corrected chi connectivity index (χ4v) is 5.50. The maximum atomic E-state index is 13.0. The van der Waals surface area contributed by atoms with Crippen molar-refractivity contribution in [2.45, 2.75) is 46.0 Å². The molecule has 4 rings (SSSR count). The molecule has 0 radical (unpaired) electrons. The van der Waals surface area contributed by atoms with Crippen LogP contribution in [0.25, 0.3) is 0 Å². The number of hydrogen-bond donors (Lipinski definition) is 1. The molecule has 1 aromatic heterocycles. The van der Waals surface area contributed by atoms with Crippen molar-refractivity contribution in [1.82, 2.24) is 0 Å². The van der Waals surface area contributed by atoms with Crippen LogP contribution in [0.1, 0.15) is 52.5 Å². The highest BCUT2D eigenvalue weighted by Gasteiger charge is 2.36. The summed E-state index contributed by atoms with van der Waals surface area (Å²) in [6.45, 7) is 4.38. The van der Waals surface area contributed by atoms with Gasteiger partial charge in [-0.2, -0.15) is 0 Å². The summed E-state index contributed by atoms with van der Waals surface area (Å²) in [5.74, 6) is -1.11. The zero-order valence-corrected chi connectivity index (χ0v) is 18.1. The van der Waals surface area contributed by atoms with E-state index in [2.05, 4.69) is 5.32 Å². The molecule has 2 amide bonds. The Morgan fingerprint density at radius 3 is 2.83 bits per heavy atom. The first kappa shape index (κ1) is 20.6. The molecule has 1 fully saturated rings. The normalized spacial score (nSPS) is 18.3. The molecule has 158 valence electrons. The van der Waals surface area contributed by atoms with Crippen molar-refractivity contribution in [1.29, 1.82) is 0 Å². The average Bonchev–Trinajstić information content (AvgIpc) is 3.28. The minimum atomic E-state index is -0.452. The summed E-state index contributed by atoms with van der Waals surface area (Å²) in [6, 6.07) is 7.72. The molecule has 30 heavy (non-hydrogen) atoms. The summed E-state index contributed by atoms with van der Waals surface area (Å²) in [6.07, 6.45) is 4.04. The van der Waals surface area contributed by atoms with Crippen molar-refractivity contribution in [3.05, 3.63) is 45.8 Å². The number of nitrogens with zero attached hydrogens (tertiary/aromatic N) is 1. The van der Waals surface area contributed by atoms with Crippen LogP contribution in [-0.2, 0) is 27.2 Å². The van der Waals surface area contributed by atoms with E-state index in [0.29, 0.717) is 23.7 Å². The maximum Gasteiger partial charge on any atom is 0.341 e. The molecule has 2 aromatic rings. The van der Waals surface area contributed by atoms with Crippen LogP contribution >= 0.6 is 11.3 Å². The summed E-state index contributed by atoms with van der Waals surface area (Å²) in [7, 11) is 0. The molecule has 1 N–H and O–H groups in total. The number of thiophene rings is 1. The van der Waals surface area contributed by atoms with E-state index < -0.39 is 5.92 Å². The Morgan fingerprint density at radius 1 is 1.27 bits per heavy atom. The Bertz CT molecular complexity index is 997. The van der Waals surface area contributed by atoms with E-state index in [-0.39, 0.29) is 24.2 Å². The first-order valence-corrected chi connectivity index (χ1v) is 11.3. The van der Waals surface area contributed by atoms with Crippen LogP contribution in [0.5, 0.6) is 0 Å². The number of nitrogens with one attached hydrogen (secondary N) is 1. The van der Waals surface area contributed by atoms with Crippen molar-refractivity contribution in [3.8, 4) is 0 Å². The molecule has 7 heteroatoms. The quantitative estimate of drug-likeness (QED) is 0.731. The van der Waals surface area contributed by atoms with E-state index in [1.165, 1.54) is 11.3 Å². The van der Waals surface area contributed by atoms with Crippen molar-refractivity contribution in [2.75, 3.05) is 23.4 Å². The van der Waals surface area contributed by atoms with Gasteiger partial charge in [0, 0.05) is 23.5 Å². The molecule has 6 nitrogen and oxygen atoms in total. The van der Waals surface area contributed by atoms with Gasteiger partial charge in [-0.1, -0.05) is 12.1 Å². The number of carbonyl (C=O) groups excluding carboxylic acids is 3. The van der Waals surface area contributed by atoms with Crippen LogP contribution in [-0.4, -0.2) is 30.9 Å². The van der Waals surface area contributed by atoms with E-state index in [4.69, 9.17) is 4.74 Å². The van der Waals surface area contributed by atoms with E-state index in [1.54, 1.807) is 11.8 Å². The molecular weight excluding hydrogens is 400 g/mol. The van der Waals surface area contributed by atoms with E-state index in [1.807, 2.05) is 31.2 Å². The number of fused-ring (bicyclic) bond motifs is 1. The minimum Gasteiger partial charge on any atom is -0.462 e. The van der Waals surface area contributed by atoms with Gasteiger partial charge in [0.05, 0.1) is 18.1 Å². The third-order valence-corrected chi connectivity index (χ3v) is 6.90. The smallest absolute Gasteiger partial charge is 0.341 e. The van der Waals surface area contributed by atoms with Gasteiger partial charge in [-0.05, 0) is 62.8 Å². The Morgan fingerprint density at radius 2 is 2.07 bits per heavy atom. The van der Waals surface area contributed by atoms with Gasteiger partial charge in [-0.15, -0.1) is 11.3 Å². The van der Waals surface area contributed by atoms with Gasteiger partial charge >= 0.3 is 5.97 Å². The number of hydrogen-bond acceptors (Lipinski definition) is 5. The third-order valence-electron chi connectivity index (χ3n) is 5.70. The van der Waals surface area contributed by atoms with Gasteiger partial charge in [-0.25, -0.2) is 4.79 Å². The van der Waals surface area contributed by atoms with E-state index in [0.717, 1.165) is 47.4 Å². The van der Waals surface area contributed by atoms with Gasteiger partial charge in [0.2, 0.25) is 11.8 Å². The lowest BCUT2D eigenvalue weighted by molar-refractivity contribution is -0.122. The first-order chi connectivity index (χ1) is 14.5. The van der Waals surface area contributed by atoms with Crippen molar-refractivity contribution < 1.29 is 19.1 Å². The lowest BCUT2D eigenvalue weighted by Gasteiger charge is -2.17. The SMILES string of the molecule is CCOC(=O)c1c(NC(=O)C2CC(=O)N(c3cccc(C)c3)C2)sc2c1CCCC2. The molecule has 1 atom stereocenters. The molecule has 1 unspecified atom stereocenters. The van der Waals surface area contributed by atoms with Crippen LogP contribution in [0.2, 0.25) is 0 Å². The molecule has 2 aliphatic rings. The molecule has 1 aromatic carbocycles. The summed E-state index contributed by atoms with van der Waals surface area (Å²) in [5.41, 5.74) is 3.40. The predicted octanol–water partition coefficient (Wildman–Crippen LogP) is 4.10. The summed E-state index contributed by atoms with van der Waals surface area (Å²) in [5, 5.41) is 3.51. The molecule has 0 spiro atoms. The molecule has 1 aliphatic heterocycles. The molecular formula is C23H26N2O4S. The van der Waals surface area contributed by atoms with Crippen LogP contribution < -0.4 is 10.2 Å². The van der Waals surface area contributed by atoms with Gasteiger partial charge < -0.3 is 15.0 Å². The highest BCUT2D eigenvalue weighted by molar-refractivity contribution is 7.17. The van der Waals surface area contributed by atoms with Crippen LogP contribution in [0.4, 0.5) is 10.7 Å². The topological polar surface area (TPSA) is 75.7 Å². The molecule has 1 aliphatic carbocycles. The average molecular weight is 427 g/mol. The summed E-state index contributed by atoms with van der Waals surface area (Å²) >= 11 is 1.47. The fraction of sp³-hybridized carbons (Fsp3) is 0.435. The molecule has 1 saturated heterocycles. The number of aryl methyl sites for hydroxylation is 2. The third kappa shape index (κ3) is 3.99. The maximum absolute atomic E-state index is 13.0. The lowest BCUT2D eigenvalue weighted by atomic mass is 9.95. The van der Waals surface area contributed by atoms with Crippen molar-refractivity contribution in [2.24, 2.45) is 5.92 Å². The Kier molecular flexibility index (Phi) is 5.90. The second kappa shape index (κ2) is 8.60. The number of rotatable bonds is 5. The van der Waals surface area contributed by atoms with Crippen LogP contribution in [0, 0.1) is 12.8 Å². The van der Waals surface area contributed by atoms with Crippen LogP contribution in [0.3, 0.4) is 0 Å². The zero-order chi connectivity index (χ0) is 21.3. The van der Waals surface area contributed by atoms with E-state index in [9.17, 15) is 14.4 Å². The minimum absolute atomic E-state index is 0.0585. The predicted molar refractivity (Wildman–Crippen MR) is 117 cm³/mol. The number of ether oxygens (including phenoxy) is 1. The fourth-order valence-electron chi connectivity index (χ4n) is 4.22. The molecule has 0 bridgehead atoms. The Labute approximate surface area is 180 Å². The first-order valence-electron chi connectivity index (χ1n) is 10.5. The number of esters is 1. The second-order valence-corrected chi connectivity index (χ2v) is 8.97. The summed E-state index contributed by atoms with van der Waals surface area (Å²) < 4.78 is 5.26. The number of carbonyl (C=O) groups is 3. The summed E-state index contributed by atoms with van der Waals surface area (Å²) in [4.78, 5) is 41.0. The molecule has 2 heterocycles.